The van der Waals surface area contributed by atoms with Gasteiger partial charge in [-0.05, 0) is 37.6 Å². The lowest BCUT2D eigenvalue weighted by Gasteiger charge is -2.22. The number of anilines is 2. The average Bonchev–Trinajstić information content (AvgIpc) is 2.87. The fourth-order valence-corrected chi connectivity index (χ4v) is 2.75. The van der Waals surface area contributed by atoms with Gasteiger partial charge in [0.15, 0.2) is 0 Å². The zero-order valence-electron chi connectivity index (χ0n) is 13.2. The summed E-state index contributed by atoms with van der Waals surface area (Å²) < 4.78 is 0. The number of hydrogen-bond acceptors (Lipinski definition) is 3. The number of amides is 1. The van der Waals surface area contributed by atoms with Crippen LogP contribution >= 0.6 is 11.6 Å². The van der Waals surface area contributed by atoms with E-state index in [1.54, 1.807) is 6.07 Å². The second kappa shape index (κ2) is 7.99. The molecular weight excluding hydrogens is 310 g/mol. The highest BCUT2D eigenvalue weighted by Crippen LogP contribution is 2.34. The highest BCUT2D eigenvalue weighted by atomic mass is 35.5. The van der Waals surface area contributed by atoms with Crippen LogP contribution in [0, 0.1) is 0 Å². The van der Waals surface area contributed by atoms with E-state index in [-0.39, 0.29) is 11.9 Å². The Morgan fingerprint density at radius 3 is 3.00 bits per heavy atom. The van der Waals surface area contributed by atoms with E-state index in [2.05, 4.69) is 17.2 Å². The Morgan fingerprint density at radius 2 is 2.30 bits per heavy atom. The number of rotatable bonds is 7. The van der Waals surface area contributed by atoms with E-state index >= 15 is 0 Å². The smallest absolute Gasteiger partial charge is 0.228 e. The van der Waals surface area contributed by atoms with Crippen molar-refractivity contribution in [3.63, 3.8) is 0 Å². The van der Waals surface area contributed by atoms with Gasteiger partial charge in [0, 0.05) is 22.0 Å². The molecule has 2 rings (SSSR count). The highest BCUT2D eigenvalue weighted by Gasteiger charge is 2.23. The van der Waals surface area contributed by atoms with E-state index in [1.165, 1.54) is 0 Å². The number of halogens is 1. The van der Waals surface area contributed by atoms with Gasteiger partial charge in [-0.15, -0.1) is 0 Å². The maximum atomic E-state index is 11.6. The number of nitrogens with one attached hydrogen (secondary N) is 2. The molecule has 1 aliphatic rings. The van der Waals surface area contributed by atoms with Gasteiger partial charge in [0.25, 0.3) is 0 Å². The zero-order valence-corrected chi connectivity index (χ0v) is 14.0. The Bertz CT molecular complexity index is 664. The molecule has 1 aromatic carbocycles. The second-order valence-corrected chi connectivity index (χ2v) is 5.87. The van der Waals surface area contributed by atoms with Crippen LogP contribution in [0.25, 0.3) is 0 Å². The lowest BCUT2D eigenvalue weighted by Crippen LogP contribution is -2.25. The molecule has 1 heterocycles. The molecule has 0 radical (unpaired) electrons. The van der Waals surface area contributed by atoms with Gasteiger partial charge in [-0.2, -0.15) is 0 Å². The molecular formula is C18H22ClN3O. The highest BCUT2D eigenvalue weighted by molar-refractivity contribution is 6.31. The molecule has 5 heteroatoms. The summed E-state index contributed by atoms with van der Waals surface area (Å²) in [4.78, 5) is 11.6. The summed E-state index contributed by atoms with van der Waals surface area (Å²) in [7, 11) is 0. The van der Waals surface area contributed by atoms with Crippen molar-refractivity contribution in [3.8, 4) is 0 Å². The van der Waals surface area contributed by atoms with Crippen LogP contribution in [0.5, 0.6) is 0 Å². The molecule has 4 N–H and O–H groups in total. The Kier molecular flexibility index (Phi) is 6.02. The quantitative estimate of drug-likeness (QED) is 0.668. The van der Waals surface area contributed by atoms with Crippen LogP contribution in [0.3, 0.4) is 0 Å². The molecule has 0 unspecified atom stereocenters. The van der Waals surface area contributed by atoms with Crippen molar-refractivity contribution in [1.82, 2.24) is 0 Å². The van der Waals surface area contributed by atoms with Gasteiger partial charge in [-0.1, -0.05) is 42.5 Å². The van der Waals surface area contributed by atoms with Crippen LogP contribution in [0.1, 0.15) is 18.9 Å². The normalized spacial score (nSPS) is 15.0. The molecule has 0 fully saturated rings. The third kappa shape index (κ3) is 4.47. The number of allylic oxidation sites excluding steroid dienone is 3. The first-order valence-electron chi connectivity index (χ1n) is 7.62. The van der Waals surface area contributed by atoms with Gasteiger partial charge in [-0.3, -0.25) is 4.79 Å². The molecule has 0 saturated carbocycles. The van der Waals surface area contributed by atoms with Crippen LogP contribution in [-0.2, 0) is 11.2 Å². The Labute approximate surface area is 142 Å². The zero-order chi connectivity index (χ0) is 16.8. The summed E-state index contributed by atoms with van der Waals surface area (Å²) in [6.45, 7) is 6.61. The van der Waals surface area contributed by atoms with Gasteiger partial charge in [0.1, 0.15) is 0 Å². The molecule has 1 aromatic rings. The van der Waals surface area contributed by atoms with Crippen molar-refractivity contribution in [2.45, 2.75) is 25.8 Å². The van der Waals surface area contributed by atoms with Gasteiger partial charge in [0.2, 0.25) is 5.91 Å². The van der Waals surface area contributed by atoms with E-state index < -0.39 is 0 Å². The maximum absolute atomic E-state index is 11.6. The summed E-state index contributed by atoms with van der Waals surface area (Å²) >= 11 is 6.16. The fraction of sp³-hybridized carbons (Fsp3) is 0.278. The molecule has 1 atom stereocenters. The molecule has 122 valence electrons. The Balaban J connectivity index is 2.24. The monoisotopic (exact) mass is 331 g/mol. The summed E-state index contributed by atoms with van der Waals surface area (Å²) in [5, 5.41) is 6.84. The lowest BCUT2D eigenvalue weighted by molar-refractivity contribution is -0.115. The van der Waals surface area contributed by atoms with Gasteiger partial charge in [0.05, 0.1) is 12.5 Å². The van der Waals surface area contributed by atoms with Gasteiger partial charge in [-0.25, -0.2) is 0 Å². The SMILES string of the molecule is C=C(/C=C\C=C/C)[C@@H](CCN)Nc1cc(Cl)cc2c1CC(=O)N2. The molecule has 0 saturated heterocycles. The maximum Gasteiger partial charge on any atom is 0.228 e. The minimum Gasteiger partial charge on any atom is -0.378 e. The van der Waals surface area contributed by atoms with Crippen LogP contribution in [0.2, 0.25) is 5.02 Å². The Morgan fingerprint density at radius 1 is 1.52 bits per heavy atom. The fourth-order valence-electron chi connectivity index (χ4n) is 2.53. The van der Waals surface area contributed by atoms with Crippen LogP contribution in [-0.4, -0.2) is 18.5 Å². The lowest BCUT2D eigenvalue weighted by atomic mass is 10.0. The van der Waals surface area contributed by atoms with E-state index in [1.807, 2.05) is 37.3 Å². The van der Waals surface area contributed by atoms with E-state index in [4.69, 9.17) is 17.3 Å². The first-order valence-corrected chi connectivity index (χ1v) is 8.00. The minimum atomic E-state index is -0.0208. The first kappa shape index (κ1) is 17.3. The van der Waals surface area contributed by atoms with Crippen LogP contribution in [0.4, 0.5) is 11.4 Å². The van der Waals surface area contributed by atoms with Crippen molar-refractivity contribution in [3.05, 3.63) is 59.2 Å². The summed E-state index contributed by atoms with van der Waals surface area (Å²) in [5.41, 5.74) is 9.22. The molecule has 0 aliphatic carbocycles. The van der Waals surface area contributed by atoms with Crippen LogP contribution < -0.4 is 16.4 Å². The largest absolute Gasteiger partial charge is 0.378 e. The summed E-state index contributed by atoms with van der Waals surface area (Å²) in [5.74, 6) is -0.0208. The molecule has 0 spiro atoms. The van der Waals surface area contributed by atoms with Crippen molar-refractivity contribution in [2.24, 2.45) is 5.73 Å². The van der Waals surface area contributed by atoms with E-state index in [0.717, 1.165) is 28.9 Å². The number of carbonyl (C=O) groups is 1. The van der Waals surface area contributed by atoms with Gasteiger partial charge < -0.3 is 16.4 Å². The molecule has 0 aromatic heterocycles. The third-order valence-electron chi connectivity index (χ3n) is 3.67. The molecule has 1 amide bonds. The molecule has 1 aliphatic heterocycles. The number of carbonyl (C=O) groups excluding carboxylic acids is 1. The second-order valence-electron chi connectivity index (χ2n) is 5.44. The summed E-state index contributed by atoms with van der Waals surface area (Å²) in [6, 6.07) is 3.60. The minimum absolute atomic E-state index is 0.0141. The summed E-state index contributed by atoms with van der Waals surface area (Å²) in [6.07, 6.45) is 8.90. The predicted molar refractivity (Wildman–Crippen MR) is 98.0 cm³/mol. The average molecular weight is 332 g/mol. The number of hydrogen-bond donors (Lipinski definition) is 3. The van der Waals surface area contributed by atoms with Crippen molar-refractivity contribution < 1.29 is 4.79 Å². The van der Waals surface area contributed by atoms with E-state index in [0.29, 0.717) is 18.0 Å². The first-order chi connectivity index (χ1) is 11.0. The number of fused-ring (bicyclic) bond motifs is 1. The predicted octanol–water partition coefficient (Wildman–Crippen LogP) is 3.65. The van der Waals surface area contributed by atoms with E-state index in [9.17, 15) is 4.79 Å². The standard InChI is InChI=1S/C18H22ClN3O/c1-3-4-5-6-12(2)15(7-8-20)21-16-9-13(19)10-17-14(16)11-18(23)22-17/h3-6,9-10,15,21H,2,7-8,11,20H2,1H3,(H,22,23)/b4-3-,6-5-/t15-/m1/s1. The topological polar surface area (TPSA) is 67.1 Å². The molecule has 23 heavy (non-hydrogen) atoms. The van der Waals surface area contributed by atoms with Crippen LogP contribution in [0.15, 0.2) is 48.6 Å². The third-order valence-corrected chi connectivity index (χ3v) is 3.89. The van der Waals surface area contributed by atoms with Crippen molar-refractivity contribution >= 4 is 28.9 Å². The molecule has 0 bridgehead atoms. The number of nitrogens with two attached hydrogens (primary N) is 1. The Hall–Kier alpha value is -2.04. The van der Waals surface area contributed by atoms with Gasteiger partial charge >= 0.3 is 0 Å². The van der Waals surface area contributed by atoms with Crippen molar-refractivity contribution in [1.29, 1.82) is 0 Å². The molecule has 4 nitrogen and oxygen atoms in total. The van der Waals surface area contributed by atoms with Crippen molar-refractivity contribution in [2.75, 3.05) is 17.2 Å². The number of benzene rings is 1.